The van der Waals surface area contributed by atoms with Crippen molar-refractivity contribution in [2.24, 2.45) is 23.5 Å². The molecule has 2 unspecified atom stereocenters. The Balaban J connectivity index is 1.67. The van der Waals surface area contributed by atoms with E-state index in [9.17, 15) is 34.8 Å². The number of aromatic hydroxyl groups is 1. The van der Waals surface area contributed by atoms with Crippen LogP contribution in [-0.4, -0.2) is 74.6 Å². The Labute approximate surface area is 221 Å². The number of phenols is 1. The molecule has 4 aliphatic carbocycles. The van der Waals surface area contributed by atoms with Crippen LogP contribution >= 0.6 is 0 Å². The van der Waals surface area contributed by atoms with Gasteiger partial charge in [0.05, 0.1) is 17.5 Å². The van der Waals surface area contributed by atoms with Crippen molar-refractivity contribution in [2.75, 3.05) is 14.1 Å². The third-order valence-electron chi connectivity index (χ3n) is 9.27. The van der Waals surface area contributed by atoms with Crippen molar-refractivity contribution in [1.82, 2.24) is 4.90 Å². The first-order chi connectivity index (χ1) is 17.9. The summed E-state index contributed by atoms with van der Waals surface area (Å²) in [5, 5.41) is 45.9. The summed E-state index contributed by atoms with van der Waals surface area (Å²) in [6, 6.07) is 0.930. The first-order valence-electron chi connectivity index (χ1n) is 13.4. The van der Waals surface area contributed by atoms with Crippen molar-refractivity contribution in [2.45, 2.75) is 69.6 Å². The van der Waals surface area contributed by atoms with Gasteiger partial charge in [0.15, 0.2) is 17.2 Å². The minimum absolute atomic E-state index is 0.113. The summed E-state index contributed by atoms with van der Waals surface area (Å²) in [6.07, 6.45) is 5.20. The van der Waals surface area contributed by atoms with Gasteiger partial charge >= 0.3 is 0 Å². The van der Waals surface area contributed by atoms with E-state index in [1.54, 1.807) is 14.1 Å². The number of phenolic OH excluding ortho intramolecular Hbond substituents is 1. The summed E-state index contributed by atoms with van der Waals surface area (Å²) >= 11 is 0. The number of carbonyl (C=O) groups excluding carboxylic acids is 3. The van der Waals surface area contributed by atoms with E-state index in [4.69, 9.17) is 5.73 Å². The van der Waals surface area contributed by atoms with Crippen LogP contribution in [0.5, 0.6) is 5.75 Å². The number of fused-ring (bicyclic) bond motifs is 3. The highest BCUT2D eigenvalue weighted by Gasteiger charge is 2.66. The molecule has 1 fully saturated rings. The molecule has 1 saturated carbocycles. The molecule has 9 nitrogen and oxygen atoms in total. The van der Waals surface area contributed by atoms with Crippen molar-refractivity contribution in [3.63, 3.8) is 0 Å². The van der Waals surface area contributed by atoms with Crippen LogP contribution in [0.3, 0.4) is 0 Å². The lowest BCUT2D eigenvalue weighted by molar-refractivity contribution is -0.183. The first kappa shape index (κ1) is 26.6. The van der Waals surface area contributed by atoms with Crippen LogP contribution in [0.15, 0.2) is 23.5 Å². The van der Waals surface area contributed by atoms with Gasteiger partial charge in [-0.25, -0.2) is 0 Å². The lowest BCUT2D eigenvalue weighted by Crippen LogP contribution is -2.69. The third kappa shape index (κ3) is 3.59. The molecular weight excluding hydrogens is 488 g/mol. The van der Waals surface area contributed by atoms with E-state index >= 15 is 0 Å². The molecule has 1 aromatic rings. The molecular formula is C29H36N2O7. The van der Waals surface area contributed by atoms with Crippen molar-refractivity contribution in [3.05, 3.63) is 45.7 Å². The number of aryl methyl sites for hydroxylation is 1. The normalized spacial score (nSPS) is 33.0. The molecule has 0 heterocycles. The Bertz CT molecular complexity index is 1300. The lowest BCUT2D eigenvalue weighted by atomic mass is 9.53. The van der Waals surface area contributed by atoms with Crippen LogP contribution in [0.25, 0.3) is 5.57 Å². The van der Waals surface area contributed by atoms with Crippen LogP contribution in [0.1, 0.15) is 66.1 Å². The second-order valence-electron chi connectivity index (χ2n) is 11.4. The van der Waals surface area contributed by atoms with Gasteiger partial charge in [-0.3, -0.25) is 19.3 Å². The number of primary amides is 1. The van der Waals surface area contributed by atoms with Gasteiger partial charge in [0.25, 0.3) is 5.91 Å². The SMILES string of the molecule is CCc1cc(C2=CCCCC2)c(O)c2c1C[C@H]1C[C@H]3[C@H](N(C)C)C(=O)C(C(N)=O)=C(O)[C@@]3(O)C(O)C1C2=O. The zero-order valence-corrected chi connectivity index (χ0v) is 22.0. The molecule has 38 heavy (non-hydrogen) atoms. The Kier molecular flexibility index (Phi) is 6.52. The topological polar surface area (TPSA) is 161 Å². The number of Topliss-reactive ketones (excluding diaryl/α,β-unsaturated/α-hetero) is 2. The molecule has 0 radical (unpaired) electrons. The number of aliphatic hydroxyl groups is 3. The number of hydrogen-bond donors (Lipinski definition) is 5. The molecule has 0 spiro atoms. The molecule has 0 bridgehead atoms. The number of amides is 1. The maximum atomic E-state index is 14.1. The number of likely N-dealkylation sites (N-methyl/N-ethyl adjacent to an activating group) is 1. The zero-order chi connectivity index (χ0) is 27.7. The highest BCUT2D eigenvalue weighted by Crippen LogP contribution is 2.54. The molecule has 5 rings (SSSR count). The van der Waals surface area contributed by atoms with Crippen molar-refractivity contribution >= 4 is 23.0 Å². The van der Waals surface area contributed by atoms with E-state index in [2.05, 4.69) is 6.08 Å². The van der Waals surface area contributed by atoms with Gasteiger partial charge in [-0.1, -0.05) is 13.0 Å². The van der Waals surface area contributed by atoms with Crippen molar-refractivity contribution in [3.8, 4) is 5.75 Å². The van der Waals surface area contributed by atoms with Crippen LogP contribution in [0.2, 0.25) is 0 Å². The Hall–Kier alpha value is -3.01. The molecule has 6 N–H and O–H groups in total. The van der Waals surface area contributed by atoms with Crippen LogP contribution in [0, 0.1) is 17.8 Å². The second kappa shape index (κ2) is 9.32. The van der Waals surface area contributed by atoms with E-state index < -0.39 is 64.3 Å². The highest BCUT2D eigenvalue weighted by atomic mass is 16.4. The van der Waals surface area contributed by atoms with Gasteiger partial charge in [0.1, 0.15) is 23.2 Å². The van der Waals surface area contributed by atoms with E-state index in [0.717, 1.165) is 42.4 Å². The summed E-state index contributed by atoms with van der Waals surface area (Å²) in [5.41, 5.74) is 5.67. The maximum absolute atomic E-state index is 14.1. The quantitative estimate of drug-likeness (QED) is 0.373. The highest BCUT2D eigenvalue weighted by molar-refractivity contribution is 6.22. The van der Waals surface area contributed by atoms with Crippen molar-refractivity contribution < 1.29 is 34.8 Å². The number of rotatable bonds is 4. The van der Waals surface area contributed by atoms with Gasteiger partial charge in [0, 0.05) is 11.5 Å². The molecule has 6 atom stereocenters. The Morgan fingerprint density at radius 3 is 2.47 bits per heavy atom. The number of nitrogens with two attached hydrogens (primary N) is 1. The Morgan fingerprint density at radius 1 is 1.18 bits per heavy atom. The maximum Gasteiger partial charge on any atom is 0.255 e. The summed E-state index contributed by atoms with van der Waals surface area (Å²) in [6.45, 7) is 1.99. The van der Waals surface area contributed by atoms with E-state index in [0.29, 0.717) is 18.4 Å². The zero-order valence-electron chi connectivity index (χ0n) is 22.0. The average molecular weight is 525 g/mol. The van der Waals surface area contributed by atoms with E-state index in [1.165, 1.54) is 4.90 Å². The lowest BCUT2D eigenvalue weighted by Gasteiger charge is -2.55. The van der Waals surface area contributed by atoms with Gasteiger partial charge in [0.2, 0.25) is 0 Å². The predicted octanol–water partition coefficient (Wildman–Crippen LogP) is 1.81. The minimum Gasteiger partial charge on any atom is -0.508 e. The van der Waals surface area contributed by atoms with E-state index in [-0.39, 0.29) is 17.7 Å². The summed E-state index contributed by atoms with van der Waals surface area (Å²) in [4.78, 5) is 41.0. The van der Waals surface area contributed by atoms with Crippen molar-refractivity contribution in [1.29, 1.82) is 0 Å². The minimum atomic E-state index is -2.44. The van der Waals surface area contributed by atoms with Crippen LogP contribution in [0.4, 0.5) is 0 Å². The molecule has 0 saturated heterocycles. The monoisotopic (exact) mass is 524 g/mol. The smallest absolute Gasteiger partial charge is 0.255 e. The summed E-state index contributed by atoms with van der Waals surface area (Å²) in [5.74, 6) is -6.12. The summed E-state index contributed by atoms with van der Waals surface area (Å²) < 4.78 is 0. The van der Waals surface area contributed by atoms with E-state index in [1.807, 2.05) is 13.0 Å². The van der Waals surface area contributed by atoms with Crippen LogP contribution in [-0.2, 0) is 22.4 Å². The average Bonchev–Trinajstić information content (AvgIpc) is 2.86. The standard InChI is InChI=1S/C29H36N2O7/c1-4-13-10-17(14-8-6-5-7-9-14)23(32)20-16(13)11-15-12-18-22(31(2)3)25(34)21(28(30)37)27(36)29(18,38)26(35)19(15)24(20)33/h8,10,15,18-19,22,26,32,35-36,38H,4-7,9,11-12H2,1-3H3,(H2,30,37)/t15-,18-,19?,22-,26?,29-/m0/s1. The largest absolute Gasteiger partial charge is 0.508 e. The van der Waals surface area contributed by atoms with Gasteiger partial charge in [-0.05, 0) is 87.7 Å². The molecule has 0 aliphatic heterocycles. The Morgan fingerprint density at radius 2 is 1.89 bits per heavy atom. The second-order valence-corrected chi connectivity index (χ2v) is 11.4. The third-order valence-corrected chi connectivity index (χ3v) is 9.27. The number of ketones is 2. The number of allylic oxidation sites excluding steroid dienone is 2. The molecule has 0 aromatic heterocycles. The molecule has 9 heteroatoms. The van der Waals surface area contributed by atoms with Gasteiger partial charge in [-0.2, -0.15) is 0 Å². The number of nitrogens with zero attached hydrogens (tertiary/aromatic N) is 1. The number of carbonyl (C=O) groups is 3. The van der Waals surface area contributed by atoms with Gasteiger partial charge in [-0.15, -0.1) is 0 Å². The molecule has 1 aromatic carbocycles. The number of aliphatic hydroxyl groups excluding tert-OH is 2. The molecule has 4 aliphatic rings. The molecule has 204 valence electrons. The number of benzene rings is 1. The molecule has 1 amide bonds. The predicted molar refractivity (Wildman–Crippen MR) is 139 cm³/mol. The summed E-state index contributed by atoms with van der Waals surface area (Å²) in [7, 11) is 3.22. The number of hydrogen-bond acceptors (Lipinski definition) is 8. The fourth-order valence-corrected chi connectivity index (χ4v) is 7.47. The fraction of sp³-hybridized carbons (Fsp3) is 0.552. The van der Waals surface area contributed by atoms with Gasteiger partial charge < -0.3 is 26.2 Å². The van der Waals surface area contributed by atoms with Crippen LogP contribution < -0.4 is 5.73 Å². The first-order valence-corrected chi connectivity index (χ1v) is 13.4. The fourth-order valence-electron chi connectivity index (χ4n) is 7.47.